The predicted molar refractivity (Wildman–Crippen MR) is 416 cm³/mol. The molecule has 0 fully saturated rings. The minimum Gasteiger partial charge on any atom is -0.508 e. The Balaban J connectivity index is 1.72. The number of ketones is 5. The van der Waals surface area contributed by atoms with Gasteiger partial charge in [-0.05, 0) is 154 Å². The summed E-state index contributed by atoms with van der Waals surface area (Å²) in [7, 11) is 0. The van der Waals surface area contributed by atoms with E-state index in [1.54, 1.807) is 44.3 Å². The average molecular weight is 1570 g/mol. The monoisotopic (exact) mass is 1570 g/mol. The van der Waals surface area contributed by atoms with Gasteiger partial charge in [0, 0.05) is 81.1 Å². The molecule has 33 nitrogen and oxygen atoms in total. The Kier molecular flexibility index (Phi) is 37.8. The van der Waals surface area contributed by atoms with E-state index in [4.69, 9.17) is 11.5 Å². The summed E-state index contributed by atoms with van der Waals surface area (Å²) in [6.45, 7) is 16.8. The van der Waals surface area contributed by atoms with Gasteiger partial charge in [0.15, 0.2) is 0 Å². The molecule has 0 radical (unpaired) electrons. The Morgan fingerprint density at radius 1 is 0.602 bits per heavy atom. The molecule has 0 spiro atoms. The number of nitrogens with one attached hydrogen (secondary N) is 12. The molecule has 18 N–H and O–H groups in total. The lowest BCUT2D eigenvalue weighted by molar-refractivity contribution is -0.140. The molecule has 11 amide bonds. The number of aromatic nitrogens is 1. The van der Waals surface area contributed by atoms with E-state index in [0.717, 1.165) is 0 Å². The van der Waals surface area contributed by atoms with Crippen LogP contribution < -0.4 is 70.0 Å². The van der Waals surface area contributed by atoms with Crippen molar-refractivity contribution in [1.82, 2.24) is 63.5 Å². The molecule has 113 heavy (non-hydrogen) atoms. The smallest absolute Gasteiger partial charge is 0.303 e. The molecule has 4 rings (SSSR count). The fourth-order valence-electron chi connectivity index (χ4n) is 12.4. The zero-order valence-corrected chi connectivity index (χ0v) is 66.4. The lowest BCUT2D eigenvalue weighted by atomic mass is 9.79. The molecule has 4 unspecified atom stereocenters. The molecule has 1 aromatic heterocycles. The van der Waals surface area contributed by atoms with Crippen LogP contribution in [0.15, 0.2) is 54.7 Å². The summed E-state index contributed by atoms with van der Waals surface area (Å²) in [5.41, 5.74) is 9.14. The van der Waals surface area contributed by atoms with Gasteiger partial charge in [-0.15, -0.1) is 0 Å². The summed E-state index contributed by atoms with van der Waals surface area (Å²) < 4.78 is 0. The number of amides is 11. The summed E-state index contributed by atoms with van der Waals surface area (Å²) in [5.74, 6) is -5.82. The number of carbonyl (C=O) groups is 17. The Hall–Kier alpha value is -11.2. The van der Waals surface area contributed by atoms with Crippen LogP contribution in [0.25, 0.3) is 10.9 Å². The van der Waals surface area contributed by atoms with Gasteiger partial charge in [-0.1, -0.05) is 76.3 Å². The first kappa shape index (κ1) is 94.2. The highest BCUT2D eigenvalue weighted by molar-refractivity contribution is 6.41. The van der Waals surface area contributed by atoms with Gasteiger partial charge in [0.05, 0.1) is 35.5 Å². The topological polar surface area (TPSA) is 531 Å². The van der Waals surface area contributed by atoms with E-state index in [-0.39, 0.29) is 88.3 Å². The van der Waals surface area contributed by atoms with Crippen LogP contribution in [0.4, 0.5) is 0 Å². The third kappa shape index (κ3) is 31.1. The largest absolute Gasteiger partial charge is 0.508 e. The van der Waals surface area contributed by atoms with Gasteiger partial charge in [-0.2, -0.15) is 0 Å². The van der Waals surface area contributed by atoms with Crippen molar-refractivity contribution in [2.45, 2.75) is 252 Å². The first-order valence-electron chi connectivity index (χ1n) is 38.0. The molecule has 0 saturated carbocycles. The van der Waals surface area contributed by atoms with Crippen LogP contribution in [-0.4, -0.2) is 194 Å². The van der Waals surface area contributed by atoms with Crippen molar-refractivity contribution >= 4 is 111 Å². The van der Waals surface area contributed by atoms with Gasteiger partial charge >= 0.3 is 5.97 Å². The van der Waals surface area contributed by atoms with Crippen LogP contribution in [0, 0.1) is 46.9 Å². The van der Waals surface area contributed by atoms with Crippen molar-refractivity contribution < 1.29 is 91.7 Å². The van der Waals surface area contributed by atoms with Crippen LogP contribution in [0.1, 0.15) is 184 Å². The SMILES string of the molecule is CC(=O)C[C@]1(C)CCCCC#CC#CCCCC[C@@](C)(C(=O)NC(C)C(=O)N[C@@H](C)C(=O)NC(C)C(=O)N[C@@H](C)C(=O)C(=O)[C@H](C)NC[C@H](C)C(N)=O)NC(=O)[C@H](CC(C)C)CN[C@@H](CCC(N)=O)C(=O)C(=O)C(C)NC(=O)[C@H](Cc2c[nH]c3ccccc23)NC(=O)C(Cc2ccc(O)cc2)NC(=O)[C@H](CCC(=O)O)NC1=O. The number of primary amides is 2. The maximum Gasteiger partial charge on any atom is 0.303 e. The first-order valence-corrected chi connectivity index (χ1v) is 38.0. The molecule has 1 aliphatic heterocycles. The van der Waals surface area contributed by atoms with Gasteiger partial charge in [0.1, 0.15) is 53.3 Å². The second-order valence-corrected chi connectivity index (χ2v) is 30.1. The minimum atomic E-state index is -1.81. The highest BCUT2D eigenvalue weighted by Gasteiger charge is 2.42. The number of Topliss-reactive ketones (excluding diaryl/α,β-unsaturated/α-hetero) is 5. The number of aromatic hydroxyl groups is 1. The van der Waals surface area contributed by atoms with Crippen molar-refractivity contribution in [3.05, 3.63) is 65.9 Å². The number of rotatable bonds is 29. The van der Waals surface area contributed by atoms with E-state index in [1.807, 2.05) is 0 Å². The predicted octanol–water partition coefficient (Wildman–Crippen LogP) is 0.765. The van der Waals surface area contributed by atoms with Crippen LogP contribution >= 0.6 is 0 Å². The average Bonchev–Trinajstić information content (AvgIpc) is 1.57. The number of carbonyl (C=O) groups excluding carboxylic acids is 16. The minimum absolute atomic E-state index is 0.0122. The molecule has 33 heteroatoms. The molecule has 0 aliphatic carbocycles. The van der Waals surface area contributed by atoms with Gasteiger partial charge in [0.2, 0.25) is 88.1 Å². The quantitative estimate of drug-likeness (QED) is 0.0337. The van der Waals surface area contributed by atoms with Crippen molar-refractivity contribution in [2.75, 3.05) is 13.1 Å². The van der Waals surface area contributed by atoms with Gasteiger partial charge < -0.3 is 85.1 Å². The van der Waals surface area contributed by atoms with Crippen LogP contribution in [0.2, 0.25) is 0 Å². The van der Waals surface area contributed by atoms with Crippen molar-refractivity contribution in [1.29, 1.82) is 0 Å². The van der Waals surface area contributed by atoms with Crippen LogP contribution in [0.5, 0.6) is 5.75 Å². The van der Waals surface area contributed by atoms with Gasteiger partial charge in [-0.25, -0.2) is 0 Å². The van der Waals surface area contributed by atoms with E-state index in [1.165, 1.54) is 93.5 Å². The molecular formula is C80H112N14O19. The van der Waals surface area contributed by atoms with Crippen LogP contribution in [-0.2, 0) is 94.3 Å². The molecule has 616 valence electrons. The normalized spacial score (nSPS) is 22.7. The first-order chi connectivity index (χ1) is 53.1. The molecule has 1 aliphatic rings. The summed E-state index contributed by atoms with van der Waals surface area (Å²) in [5, 5.41) is 49.7. The number of carboxylic acids is 1. The lowest BCUT2D eigenvalue weighted by Crippen LogP contribution is -2.62. The number of aliphatic carboxylic acids is 1. The second kappa shape index (κ2) is 45.4. The molecule has 0 bridgehead atoms. The van der Waals surface area contributed by atoms with E-state index >= 15 is 0 Å². The molecule has 3 aromatic rings. The third-order valence-electron chi connectivity index (χ3n) is 19.4. The van der Waals surface area contributed by atoms with Gasteiger partial charge in [-0.3, -0.25) is 81.5 Å². The standard InChI is InChI=1S/C80H112N14O19/c1-44(2)37-55-43-85-59(31-33-63(81)97)68(103)67(102)49(7)87-75(110)62(39-54-42-84-58-26-22-21-25-57(54)58)92-76(111)61(38-53-27-29-56(96)30-28-53)91-74(109)60(32-34-64(98)99)93-77(112)79(11,40-46(4)95)35-23-19-17-15-13-14-16-18-20-24-36-80(12,94-73(55)108)78(113)90-52(10)72(107)89-51(9)71(106)88-50(8)70(105)86-48(6)66(101)65(100)47(5)83-41-45(3)69(82)104/h21-22,25-30,42,44-45,47-52,55,59-62,83-85,96H,17-20,23-24,31-41,43H2,1-12H3,(H2,81,97)(H2,82,104)(H,86,105)(H,87,110)(H,88,106)(H,89,107)(H,90,113)(H,91,109)(H,92,111)(H,93,112)(H,94,108)(H,98,99)/t45-,47-,48-,49?,50?,51-,52?,55+,59-,60-,61?,62-,79-,80-/m0/s1. The van der Waals surface area contributed by atoms with Gasteiger partial charge in [0.25, 0.3) is 0 Å². The number of phenols is 1. The number of nitrogens with two attached hydrogens (primary N) is 2. The molecule has 14 atom stereocenters. The van der Waals surface area contributed by atoms with E-state index in [9.17, 15) is 91.7 Å². The molecular weight excluding hydrogens is 1460 g/mol. The number of hydrogen-bond acceptors (Lipinski definition) is 20. The lowest BCUT2D eigenvalue weighted by Gasteiger charge is -2.33. The molecule has 2 aromatic carbocycles. The number of para-hydroxylation sites is 1. The summed E-state index contributed by atoms with van der Waals surface area (Å²) >= 11 is 0. The zero-order chi connectivity index (χ0) is 84.6. The number of aromatic amines is 1. The van der Waals surface area contributed by atoms with Crippen molar-refractivity contribution in [3.63, 3.8) is 0 Å². The maximum atomic E-state index is 15.0. The van der Waals surface area contributed by atoms with E-state index < -0.39 is 197 Å². The van der Waals surface area contributed by atoms with Crippen molar-refractivity contribution in [3.8, 4) is 29.4 Å². The number of phenolic OH excluding ortho intramolecular Hbond substituents is 1. The third-order valence-corrected chi connectivity index (χ3v) is 19.4. The highest BCUT2D eigenvalue weighted by atomic mass is 16.4. The Morgan fingerprint density at radius 2 is 1.13 bits per heavy atom. The van der Waals surface area contributed by atoms with E-state index in [0.29, 0.717) is 47.7 Å². The number of carboxylic acid groups (broad SMARTS) is 1. The van der Waals surface area contributed by atoms with Crippen molar-refractivity contribution in [2.24, 2.45) is 34.6 Å². The Morgan fingerprint density at radius 3 is 1.70 bits per heavy atom. The highest BCUT2D eigenvalue weighted by Crippen LogP contribution is 2.31. The summed E-state index contributed by atoms with van der Waals surface area (Å²) in [6.07, 6.45) is 0.939. The summed E-state index contributed by atoms with van der Waals surface area (Å²) in [4.78, 5) is 235. The second-order valence-electron chi connectivity index (χ2n) is 30.1. The number of hydrogen-bond donors (Lipinski definition) is 16. The zero-order valence-electron chi connectivity index (χ0n) is 66.4. The number of fused-ring (bicyclic) bond motifs is 1. The Labute approximate surface area is 658 Å². The Bertz CT molecular complexity index is 4100. The number of H-pyrrole nitrogens is 1. The fourth-order valence-corrected chi connectivity index (χ4v) is 12.4. The molecule has 0 saturated heterocycles. The van der Waals surface area contributed by atoms with Crippen LogP contribution in [0.3, 0.4) is 0 Å². The summed E-state index contributed by atoms with van der Waals surface area (Å²) in [6, 6.07) is -1.78. The fraction of sp³-hybridized carbons (Fsp3) is 0.562. The van der Waals surface area contributed by atoms with E-state index in [2.05, 4.69) is 87.2 Å². The molecule has 2 heterocycles. The maximum absolute atomic E-state index is 15.0. The number of benzene rings is 2.